The lowest BCUT2D eigenvalue weighted by atomic mass is 10.2. The molecular weight excluding hydrogens is 281 g/mol. The lowest BCUT2D eigenvalue weighted by Gasteiger charge is -1.99. The fraction of sp³-hybridized carbons (Fsp3) is 0. The Morgan fingerprint density at radius 1 is 1.50 bits per heavy atom. The molecule has 0 amide bonds. The summed E-state index contributed by atoms with van der Waals surface area (Å²) in [5.74, 6) is -0.515. The third-order valence-electron chi connectivity index (χ3n) is 2.04. The topological polar surface area (TPSA) is 62.8 Å². The average Bonchev–Trinajstić information content (AvgIpc) is 2.26. The molecule has 0 radical (unpaired) electrons. The van der Waals surface area contributed by atoms with E-state index in [1.54, 1.807) is 0 Å². The summed E-state index contributed by atoms with van der Waals surface area (Å²) in [6, 6.07) is 2.44. The summed E-state index contributed by atoms with van der Waals surface area (Å²) in [6.07, 6.45) is 2.07. The Kier molecular flexibility index (Phi) is 2.74. The first-order chi connectivity index (χ1) is 7.63. The van der Waals surface area contributed by atoms with Crippen molar-refractivity contribution in [3.8, 4) is 0 Å². The van der Waals surface area contributed by atoms with Gasteiger partial charge in [-0.2, -0.15) is 0 Å². The maximum absolute atomic E-state index is 13.2. The second kappa shape index (κ2) is 4.05. The SMILES string of the molecule is O=c1c(/C=N/O)coc2cc(F)c(Br)cc12. The van der Waals surface area contributed by atoms with Gasteiger partial charge in [0.1, 0.15) is 17.7 Å². The molecule has 0 bridgehead atoms. The highest BCUT2D eigenvalue weighted by atomic mass is 79.9. The minimum absolute atomic E-state index is 0.0912. The molecule has 0 saturated carbocycles. The zero-order chi connectivity index (χ0) is 11.7. The van der Waals surface area contributed by atoms with Crippen LogP contribution in [0.2, 0.25) is 0 Å². The first-order valence-corrected chi connectivity index (χ1v) is 5.01. The van der Waals surface area contributed by atoms with Crippen molar-refractivity contribution in [2.24, 2.45) is 5.16 Å². The van der Waals surface area contributed by atoms with Gasteiger partial charge in [-0.3, -0.25) is 4.79 Å². The van der Waals surface area contributed by atoms with Gasteiger partial charge in [-0.15, -0.1) is 0 Å². The van der Waals surface area contributed by atoms with Crippen molar-refractivity contribution in [2.75, 3.05) is 0 Å². The van der Waals surface area contributed by atoms with Gasteiger partial charge >= 0.3 is 0 Å². The van der Waals surface area contributed by atoms with E-state index in [-0.39, 0.29) is 26.4 Å². The van der Waals surface area contributed by atoms with E-state index in [1.165, 1.54) is 6.07 Å². The van der Waals surface area contributed by atoms with Gasteiger partial charge < -0.3 is 9.62 Å². The van der Waals surface area contributed by atoms with Gasteiger partial charge in [-0.05, 0) is 22.0 Å². The first kappa shape index (κ1) is 10.8. The number of oxime groups is 1. The Bertz CT molecular complexity index is 636. The fourth-order valence-electron chi connectivity index (χ4n) is 1.29. The highest BCUT2D eigenvalue weighted by Gasteiger charge is 2.09. The van der Waals surface area contributed by atoms with Crippen molar-refractivity contribution >= 4 is 33.1 Å². The van der Waals surface area contributed by atoms with Crippen LogP contribution in [0, 0.1) is 5.82 Å². The van der Waals surface area contributed by atoms with Crippen LogP contribution < -0.4 is 5.43 Å². The molecule has 2 rings (SSSR count). The van der Waals surface area contributed by atoms with E-state index in [2.05, 4.69) is 21.1 Å². The summed E-state index contributed by atoms with van der Waals surface area (Å²) in [5, 5.41) is 11.3. The summed E-state index contributed by atoms with van der Waals surface area (Å²) >= 11 is 2.98. The van der Waals surface area contributed by atoms with Crippen LogP contribution in [0.15, 0.2) is 37.2 Å². The van der Waals surface area contributed by atoms with Crippen molar-refractivity contribution in [1.29, 1.82) is 0 Å². The fourth-order valence-corrected chi connectivity index (χ4v) is 1.63. The van der Waals surface area contributed by atoms with E-state index >= 15 is 0 Å². The number of nitrogens with zero attached hydrogens (tertiary/aromatic N) is 1. The Hall–Kier alpha value is -1.69. The van der Waals surface area contributed by atoms with Gasteiger partial charge in [0.05, 0.1) is 21.6 Å². The minimum atomic E-state index is -0.515. The van der Waals surface area contributed by atoms with E-state index in [0.29, 0.717) is 0 Å². The molecule has 82 valence electrons. The van der Waals surface area contributed by atoms with Crippen LogP contribution in [0.25, 0.3) is 11.0 Å². The Balaban J connectivity index is 2.84. The zero-order valence-corrected chi connectivity index (χ0v) is 9.36. The number of rotatable bonds is 1. The van der Waals surface area contributed by atoms with Crippen molar-refractivity contribution in [3.63, 3.8) is 0 Å². The molecule has 16 heavy (non-hydrogen) atoms. The van der Waals surface area contributed by atoms with E-state index < -0.39 is 5.82 Å². The van der Waals surface area contributed by atoms with E-state index in [1.807, 2.05) is 0 Å². The third-order valence-corrected chi connectivity index (χ3v) is 2.65. The standard InChI is InChI=1S/C10H5BrFNO3/c11-7-1-6-9(2-8(7)12)16-4-5(3-13-15)10(6)14/h1-4,15H/b13-3+. The van der Waals surface area contributed by atoms with Gasteiger partial charge in [0.2, 0.25) is 5.43 Å². The number of benzene rings is 1. The summed E-state index contributed by atoms with van der Waals surface area (Å²) in [7, 11) is 0. The van der Waals surface area contributed by atoms with E-state index in [0.717, 1.165) is 18.5 Å². The second-order valence-corrected chi connectivity index (χ2v) is 3.88. The van der Waals surface area contributed by atoms with Crippen molar-refractivity contribution in [1.82, 2.24) is 0 Å². The molecule has 1 aromatic heterocycles. The van der Waals surface area contributed by atoms with Crippen molar-refractivity contribution < 1.29 is 14.0 Å². The Morgan fingerprint density at radius 3 is 2.94 bits per heavy atom. The molecule has 6 heteroatoms. The predicted octanol–water partition coefficient (Wildman–Crippen LogP) is 2.50. The van der Waals surface area contributed by atoms with Crippen LogP contribution >= 0.6 is 15.9 Å². The highest BCUT2D eigenvalue weighted by molar-refractivity contribution is 9.10. The maximum Gasteiger partial charge on any atom is 0.201 e. The Morgan fingerprint density at radius 2 is 2.25 bits per heavy atom. The van der Waals surface area contributed by atoms with Crippen LogP contribution in [0.4, 0.5) is 4.39 Å². The summed E-state index contributed by atoms with van der Waals surface area (Å²) < 4.78 is 18.4. The molecule has 4 nitrogen and oxygen atoms in total. The van der Waals surface area contributed by atoms with Crippen molar-refractivity contribution in [3.05, 3.63) is 44.5 Å². The van der Waals surface area contributed by atoms with Crippen molar-refractivity contribution in [2.45, 2.75) is 0 Å². The molecule has 2 aromatic rings. The second-order valence-electron chi connectivity index (χ2n) is 3.03. The number of halogens is 2. The molecule has 0 aliphatic carbocycles. The molecule has 1 aromatic carbocycles. The lowest BCUT2D eigenvalue weighted by molar-refractivity contribution is 0.321. The van der Waals surface area contributed by atoms with Crippen LogP contribution in [-0.2, 0) is 0 Å². The molecule has 0 aliphatic heterocycles. The average molecular weight is 286 g/mol. The summed E-state index contributed by atoms with van der Waals surface area (Å²) in [4.78, 5) is 11.8. The maximum atomic E-state index is 13.2. The largest absolute Gasteiger partial charge is 0.463 e. The number of hydrogen-bond donors (Lipinski definition) is 1. The zero-order valence-electron chi connectivity index (χ0n) is 7.78. The van der Waals surface area contributed by atoms with Gasteiger partial charge in [0.25, 0.3) is 0 Å². The molecule has 0 atom stereocenters. The minimum Gasteiger partial charge on any atom is -0.463 e. The van der Waals surface area contributed by atoms with Crippen LogP contribution in [0.5, 0.6) is 0 Å². The van der Waals surface area contributed by atoms with Gasteiger partial charge in [-0.25, -0.2) is 4.39 Å². The first-order valence-electron chi connectivity index (χ1n) is 4.21. The number of fused-ring (bicyclic) bond motifs is 1. The molecule has 0 aliphatic rings. The molecule has 0 unspecified atom stereocenters. The molecular formula is C10H5BrFNO3. The van der Waals surface area contributed by atoms with Gasteiger partial charge in [0, 0.05) is 6.07 Å². The molecule has 1 heterocycles. The quantitative estimate of drug-likeness (QED) is 0.497. The smallest absolute Gasteiger partial charge is 0.201 e. The lowest BCUT2D eigenvalue weighted by Crippen LogP contribution is -2.08. The normalized spacial score (nSPS) is 11.4. The monoisotopic (exact) mass is 285 g/mol. The van der Waals surface area contributed by atoms with Gasteiger partial charge in [0.15, 0.2) is 0 Å². The highest BCUT2D eigenvalue weighted by Crippen LogP contribution is 2.21. The van der Waals surface area contributed by atoms with E-state index in [9.17, 15) is 9.18 Å². The van der Waals surface area contributed by atoms with Crippen LogP contribution in [0.3, 0.4) is 0 Å². The third kappa shape index (κ3) is 1.71. The Labute approximate surface area is 97.1 Å². The molecule has 0 saturated heterocycles. The molecule has 0 spiro atoms. The molecule has 0 fully saturated rings. The summed E-state index contributed by atoms with van der Waals surface area (Å²) in [6.45, 7) is 0. The van der Waals surface area contributed by atoms with Gasteiger partial charge in [-0.1, -0.05) is 5.16 Å². The van der Waals surface area contributed by atoms with Crippen LogP contribution in [-0.4, -0.2) is 11.4 Å². The number of hydrogen-bond acceptors (Lipinski definition) is 4. The van der Waals surface area contributed by atoms with Crippen LogP contribution in [0.1, 0.15) is 5.56 Å². The van der Waals surface area contributed by atoms with E-state index in [4.69, 9.17) is 9.62 Å². The predicted molar refractivity (Wildman–Crippen MR) is 59.5 cm³/mol. The summed E-state index contributed by atoms with van der Waals surface area (Å²) in [5.41, 5.74) is -0.158. The molecule has 1 N–H and O–H groups in total.